The summed E-state index contributed by atoms with van der Waals surface area (Å²) < 4.78 is 35.0. The molecule has 0 spiro atoms. The Morgan fingerprint density at radius 2 is 1.93 bits per heavy atom. The third kappa shape index (κ3) is 9.80. The van der Waals surface area contributed by atoms with E-state index in [4.69, 9.17) is 5.11 Å². The van der Waals surface area contributed by atoms with Crippen LogP contribution >= 0.6 is 0 Å². The molecule has 1 atom stereocenters. The first-order valence-electron chi connectivity index (χ1n) is 4.91. The Kier molecular flexibility index (Phi) is 6.92. The number of halogens is 3. The van der Waals surface area contributed by atoms with Crippen molar-refractivity contribution in [1.29, 1.82) is 0 Å². The summed E-state index contributed by atoms with van der Waals surface area (Å²) in [5.74, 6) is 0. The van der Waals surface area contributed by atoms with E-state index in [0.717, 1.165) is 0 Å². The average Bonchev–Trinajstić information content (AvgIpc) is 2.08. The first kappa shape index (κ1) is 13.7. The lowest BCUT2D eigenvalue weighted by Gasteiger charge is -2.09. The molecule has 0 aromatic carbocycles. The fraction of sp³-hybridized carbons (Fsp3) is 1.00. The first-order chi connectivity index (χ1) is 6.45. The van der Waals surface area contributed by atoms with Gasteiger partial charge >= 0.3 is 6.18 Å². The van der Waals surface area contributed by atoms with Crippen LogP contribution in [0.1, 0.15) is 32.6 Å². The van der Waals surface area contributed by atoms with Gasteiger partial charge in [-0.1, -0.05) is 6.92 Å². The number of hydrogen-bond donors (Lipinski definition) is 2. The lowest BCUT2D eigenvalue weighted by atomic mass is 10.2. The lowest BCUT2D eigenvalue weighted by molar-refractivity contribution is -0.135. The molecular weight excluding hydrogens is 195 g/mol. The Labute approximate surface area is 82.5 Å². The number of rotatable bonds is 7. The fourth-order valence-electron chi connectivity index (χ4n) is 1.01. The molecule has 1 unspecified atom stereocenters. The van der Waals surface area contributed by atoms with E-state index < -0.39 is 12.6 Å². The van der Waals surface area contributed by atoms with Gasteiger partial charge in [-0.3, -0.25) is 0 Å². The van der Waals surface area contributed by atoms with E-state index in [9.17, 15) is 13.2 Å². The minimum Gasteiger partial charge on any atom is -0.393 e. The summed E-state index contributed by atoms with van der Waals surface area (Å²) in [6.07, 6.45) is -3.75. The van der Waals surface area contributed by atoms with Crippen molar-refractivity contribution in [3.05, 3.63) is 0 Å². The highest BCUT2D eigenvalue weighted by molar-refractivity contribution is 4.57. The molecule has 0 fully saturated rings. The smallest absolute Gasteiger partial charge is 0.389 e. The molecule has 0 radical (unpaired) electrons. The Hall–Kier alpha value is -0.290. The first-order valence-corrected chi connectivity index (χ1v) is 4.91. The number of alkyl halides is 3. The van der Waals surface area contributed by atoms with Gasteiger partial charge in [-0.05, 0) is 32.4 Å². The van der Waals surface area contributed by atoms with Crippen molar-refractivity contribution in [2.45, 2.75) is 44.9 Å². The molecule has 14 heavy (non-hydrogen) atoms. The molecule has 0 aromatic heterocycles. The molecule has 0 bridgehead atoms. The largest absolute Gasteiger partial charge is 0.393 e. The molecule has 0 aliphatic rings. The topological polar surface area (TPSA) is 32.3 Å². The zero-order chi connectivity index (χ0) is 11.0. The molecule has 5 heteroatoms. The van der Waals surface area contributed by atoms with Crippen LogP contribution < -0.4 is 5.32 Å². The molecule has 0 saturated carbocycles. The van der Waals surface area contributed by atoms with Crippen molar-refractivity contribution in [3.63, 3.8) is 0 Å². The van der Waals surface area contributed by atoms with Crippen LogP contribution in [-0.4, -0.2) is 30.5 Å². The van der Waals surface area contributed by atoms with Gasteiger partial charge in [-0.25, -0.2) is 0 Å². The molecule has 0 aliphatic carbocycles. The summed E-state index contributed by atoms with van der Waals surface area (Å²) in [4.78, 5) is 0. The standard InChI is InChI=1S/C9H18F3NO/c1-2-8(14)4-7-13-6-3-5-9(10,11)12/h8,13-14H,2-7H2,1H3. The molecule has 0 aliphatic heterocycles. The van der Waals surface area contributed by atoms with Crippen LogP contribution in [0.4, 0.5) is 13.2 Å². The Morgan fingerprint density at radius 1 is 1.29 bits per heavy atom. The van der Waals surface area contributed by atoms with Crippen molar-refractivity contribution in [2.75, 3.05) is 13.1 Å². The second-order valence-electron chi connectivity index (χ2n) is 3.32. The Bertz CT molecular complexity index is 139. The van der Waals surface area contributed by atoms with Gasteiger partial charge in [-0.2, -0.15) is 13.2 Å². The maximum atomic E-state index is 11.7. The second-order valence-corrected chi connectivity index (χ2v) is 3.32. The van der Waals surface area contributed by atoms with Gasteiger partial charge in [0.1, 0.15) is 0 Å². The van der Waals surface area contributed by atoms with Gasteiger partial charge in [0.05, 0.1) is 6.10 Å². The minimum atomic E-state index is -4.05. The number of nitrogens with one attached hydrogen (secondary N) is 1. The third-order valence-electron chi connectivity index (χ3n) is 1.94. The molecular formula is C9H18F3NO. The summed E-state index contributed by atoms with van der Waals surface area (Å²) in [5, 5.41) is 12.0. The molecule has 0 amide bonds. The molecule has 0 rings (SSSR count). The predicted octanol–water partition coefficient (Wildman–Crippen LogP) is 2.08. The fourth-order valence-corrected chi connectivity index (χ4v) is 1.01. The average molecular weight is 213 g/mol. The highest BCUT2D eigenvalue weighted by Gasteiger charge is 2.25. The predicted molar refractivity (Wildman–Crippen MR) is 49.1 cm³/mol. The van der Waals surface area contributed by atoms with E-state index in [2.05, 4.69) is 5.32 Å². The van der Waals surface area contributed by atoms with Gasteiger partial charge in [0.25, 0.3) is 0 Å². The van der Waals surface area contributed by atoms with Crippen LogP contribution in [0.2, 0.25) is 0 Å². The van der Waals surface area contributed by atoms with Gasteiger partial charge in [0.2, 0.25) is 0 Å². The zero-order valence-electron chi connectivity index (χ0n) is 8.40. The van der Waals surface area contributed by atoms with Gasteiger partial charge < -0.3 is 10.4 Å². The van der Waals surface area contributed by atoms with Crippen LogP contribution in [-0.2, 0) is 0 Å². The quantitative estimate of drug-likeness (QED) is 0.634. The molecule has 86 valence electrons. The molecule has 2 nitrogen and oxygen atoms in total. The van der Waals surface area contributed by atoms with Gasteiger partial charge in [0.15, 0.2) is 0 Å². The van der Waals surface area contributed by atoms with E-state index in [-0.39, 0.29) is 12.5 Å². The highest BCUT2D eigenvalue weighted by atomic mass is 19.4. The van der Waals surface area contributed by atoms with Crippen molar-refractivity contribution >= 4 is 0 Å². The molecule has 2 N–H and O–H groups in total. The van der Waals surface area contributed by atoms with Crippen molar-refractivity contribution in [3.8, 4) is 0 Å². The molecule has 0 aromatic rings. The summed E-state index contributed by atoms with van der Waals surface area (Å²) in [6.45, 7) is 2.80. The molecule has 0 heterocycles. The maximum Gasteiger partial charge on any atom is 0.389 e. The monoisotopic (exact) mass is 213 g/mol. The van der Waals surface area contributed by atoms with E-state index in [1.54, 1.807) is 0 Å². The number of aliphatic hydroxyl groups is 1. The molecule has 0 saturated heterocycles. The van der Waals surface area contributed by atoms with E-state index >= 15 is 0 Å². The van der Waals surface area contributed by atoms with E-state index in [1.165, 1.54) is 0 Å². The maximum absolute atomic E-state index is 11.7. The van der Waals surface area contributed by atoms with Crippen LogP contribution in [0.3, 0.4) is 0 Å². The SMILES string of the molecule is CCC(O)CCNCCCC(F)(F)F. The Balaban J connectivity index is 3.14. The van der Waals surface area contributed by atoms with Crippen molar-refractivity contribution in [1.82, 2.24) is 5.32 Å². The lowest BCUT2D eigenvalue weighted by Crippen LogP contribution is -2.22. The summed E-state index contributed by atoms with van der Waals surface area (Å²) in [5.41, 5.74) is 0. The zero-order valence-corrected chi connectivity index (χ0v) is 8.40. The Morgan fingerprint density at radius 3 is 2.43 bits per heavy atom. The van der Waals surface area contributed by atoms with Crippen LogP contribution in [0.25, 0.3) is 0 Å². The van der Waals surface area contributed by atoms with Crippen molar-refractivity contribution < 1.29 is 18.3 Å². The number of aliphatic hydroxyl groups excluding tert-OH is 1. The van der Waals surface area contributed by atoms with Crippen LogP contribution in [0.15, 0.2) is 0 Å². The minimum absolute atomic E-state index is 0.103. The second kappa shape index (κ2) is 7.06. The highest BCUT2D eigenvalue weighted by Crippen LogP contribution is 2.20. The van der Waals surface area contributed by atoms with Crippen LogP contribution in [0, 0.1) is 0 Å². The van der Waals surface area contributed by atoms with E-state index in [0.29, 0.717) is 25.9 Å². The third-order valence-corrected chi connectivity index (χ3v) is 1.94. The van der Waals surface area contributed by atoms with Crippen molar-refractivity contribution in [2.24, 2.45) is 0 Å². The van der Waals surface area contributed by atoms with Gasteiger partial charge in [0, 0.05) is 6.42 Å². The summed E-state index contributed by atoms with van der Waals surface area (Å²) >= 11 is 0. The number of hydrogen-bond acceptors (Lipinski definition) is 2. The summed E-state index contributed by atoms with van der Waals surface area (Å²) in [6, 6.07) is 0. The van der Waals surface area contributed by atoms with Crippen LogP contribution in [0.5, 0.6) is 0 Å². The van der Waals surface area contributed by atoms with Gasteiger partial charge in [-0.15, -0.1) is 0 Å². The normalized spacial score (nSPS) is 14.4. The summed E-state index contributed by atoms with van der Waals surface area (Å²) in [7, 11) is 0. The van der Waals surface area contributed by atoms with E-state index in [1.807, 2.05) is 6.92 Å².